The van der Waals surface area contributed by atoms with Crippen LogP contribution < -0.4 is 16.0 Å². The van der Waals surface area contributed by atoms with E-state index in [1.807, 2.05) is 13.0 Å². The second kappa shape index (κ2) is 5.87. The van der Waals surface area contributed by atoms with Crippen molar-refractivity contribution in [2.24, 2.45) is 11.8 Å². The lowest BCUT2D eigenvalue weighted by Crippen LogP contribution is -2.17. The molecule has 0 radical (unpaired) electrons. The van der Waals surface area contributed by atoms with E-state index < -0.39 is 0 Å². The van der Waals surface area contributed by atoms with Crippen molar-refractivity contribution >= 4 is 5.82 Å². The highest BCUT2D eigenvalue weighted by Crippen LogP contribution is 2.27. The summed E-state index contributed by atoms with van der Waals surface area (Å²) in [4.78, 5) is 4.20. The molecule has 1 aromatic rings. The summed E-state index contributed by atoms with van der Waals surface area (Å²) < 4.78 is 5.84. The lowest BCUT2D eigenvalue weighted by atomic mass is 9.90. The zero-order valence-corrected chi connectivity index (χ0v) is 10.4. The Kier molecular flexibility index (Phi) is 4.20. The van der Waals surface area contributed by atoms with Gasteiger partial charge in [-0.25, -0.2) is 10.8 Å². The molecule has 0 unspecified atom stereocenters. The lowest BCUT2D eigenvalue weighted by molar-refractivity contribution is 0.209. The van der Waals surface area contributed by atoms with Gasteiger partial charge < -0.3 is 10.2 Å². The third-order valence-electron chi connectivity index (χ3n) is 3.33. The molecule has 1 aliphatic carbocycles. The zero-order valence-electron chi connectivity index (χ0n) is 10.4. The first kappa shape index (κ1) is 12.2. The van der Waals surface area contributed by atoms with Gasteiger partial charge in [-0.1, -0.05) is 19.3 Å². The van der Waals surface area contributed by atoms with Crippen LogP contribution in [0.1, 0.15) is 37.7 Å². The molecule has 0 aromatic carbocycles. The Bertz CT molecular complexity index is 362. The summed E-state index contributed by atoms with van der Waals surface area (Å²) in [6, 6.07) is 1.98. The standard InChI is InChI=1S/C13H21N3O/c1-10-7-12(13(16-14)15-8-10)17-9-11-5-3-2-4-6-11/h7-8,11H,2-6,9,14H2,1H3,(H,15,16). The number of nitrogens with one attached hydrogen (secondary N) is 1. The summed E-state index contributed by atoms with van der Waals surface area (Å²) in [7, 11) is 0. The van der Waals surface area contributed by atoms with Gasteiger partial charge in [-0.3, -0.25) is 0 Å². The number of nitrogen functional groups attached to an aromatic ring is 1. The summed E-state index contributed by atoms with van der Waals surface area (Å²) in [5.74, 6) is 7.49. The summed E-state index contributed by atoms with van der Waals surface area (Å²) in [5, 5.41) is 0. The molecular formula is C13H21N3O. The molecule has 94 valence electrons. The molecule has 1 fully saturated rings. The summed E-state index contributed by atoms with van der Waals surface area (Å²) in [6.07, 6.45) is 8.39. The quantitative estimate of drug-likeness (QED) is 0.622. The fourth-order valence-corrected chi connectivity index (χ4v) is 2.32. The Morgan fingerprint density at radius 1 is 1.41 bits per heavy atom. The van der Waals surface area contributed by atoms with Crippen molar-refractivity contribution < 1.29 is 4.74 Å². The minimum atomic E-state index is 0.617. The highest BCUT2D eigenvalue weighted by Gasteiger charge is 2.15. The molecule has 4 heteroatoms. The molecule has 3 N–H and O–H groups in total. The molecule has 0 bridgehead atoms. The van der Waals surface area contributed by atoms with Crippen molar-refractivity contribution in [2.75, 3.05) is 12.0 Å². The molecule has 1 aliphatic rings. The zero-order chi connectivity index (χ0) is 12.1. The summed E-state index contributed by atoms with van der Waals surface area (Å²) in [5.41, 5.74) is 3.66. The van der Waals surface area contributed by atoms with Crippen LogP contribution in [0, 0.1) is 12.8 Å². The van der Waals surface area contributed by atoms with E-state index in [4.69, 9.17) is 10.6 Å². The van der Waals surface area contributed by atoms with Gasteiger partial charge in [-0.2, -0.15) is 0 Å². The number of nitrogens with zero attached hydrogens (tertiary/aromatic N) is 1. The van der Waals surface area contributed by atoms with E-state index in [1.54, 1.807) is 6.20 Å². The van der Waals surface area contributed by atoms with E-state index in [-0.39, 0.29) is 0 Å². The first-order chi connectivity index (χ1) is 8.29. The van der Waals surface area contributed by atoms with E-state index in [1.165, 1.54) is 32.1 Å². The monoisotopic (exact) mass is 235 g/mol. The van der Waals surface area contributed by atoms with Crippen molar-refractivity contribution in [1.82, 2.24) is 4.98 Å². The molecule has 0 saturated heterocycles. The van der Waals surface area contributed by atoms with E-state index in [0.717, 1.165) is 17.9 Å². The van der Waals surface area contributed by atoms with Crippen molar-refractivity contribution in [3.63, 3.8) is 0 Å². The van der Waals surface area contributed by atoms with Crippen LogP contribution in [0.2, 0.25) is 0 Å². The molecule has 2 rings (SSSR count). The van der Waals surface area contributed by atoms with Crippen LogP contribution >= 0.6 is 0 Å². The van der Waals surface area contributed by atoms with Crippen LogP contribution in [0.3, 0.4) is 0 Å². The minimum absolute atomic E-state index is 0.617. The number of rotatable bonds is 4. The Labute approximate surface area is 103 Å². The average Bonchev–Trinajstić information content (AvgIpc) is 2.38. The number of aromatic nitrogens is 1. The third-order valence-corrected chi connectivity index (χ3v) is 3.33. The number of hydrogen-bond acceptors (Lipinski definition) is 4. The molecule has 0 spiro atoms. The molecule has 17 heavy (non-hydrogen) atoms. The van der Waals surface area contributed by atoms with E-state index in [0.29, 0.717) is 11.7 Å². The topological polar surface area (TPSA) is 60.2 Å². The number of aryl methyl sites for hydroxylation is 1. The van der Waals surface area contributed by atoms with Gasteiger partial charge in [0.2, 0.25) is 0 Å². The van der Waals surface area contributed by atoms with Gasteiger partial charge in [0.25, 0.3) is 0 Å². The van der Waals surface area contributed by atoms with Crippen LogP contribution in [-0.4, -0.2) is 11.6 Å². The smallest absolute Gasteiger partial charge is 0.182 e. The second-order valence-electron chi connectivity index (χ2n) is 4.82. The SMILES string of the molecule is Cc1cnc(NN)c(OCC2CCCCC2)c1. The molecule has 1 saturated carbocycles. The predicted molar refractivity (Wildman–Crippen MR) is 68.9 cm³/mol. The number of ether oxygens (including phenoxy) is 1. The average molecular weight is 235 g/mol. The minimum Gasteiger partial charge on any atom is -0.489 e. The van der Waals surface area contributed by atoms with Crippen LogP contribution in [0.25, 0.3) is 0 Å². The van der Waals surface area contributed by atoms with Crippen LogP contribution in [0.15, 0.2) is 12.3 Å². The van der Waals surface area contributed by atoms with Gasteiger partial charge in [0, 0.05) is 6.20 Å². The Hall–Kier alpha value is -1.29. The largest absolute Gasteiger partial charge is 0.489 e. The van der Waals surface area contributed by atoms with Gasteiger partial charge in [-0.15, -0.1) is 0 Å². The maximum Gasteiger partial charge on any atom is 0.182 e. The van der Waals surface area contributed by atoms with Gasteiger partial charge in [0.05, 0.1) is 6.61 Å². The van der Waals surface area contributed by atoms with E-state index in [9.17, 15) is 0 Å². The second-order valence-corrected chi connectivity index (χ2v) is 4.82. The number of nitrogens with two attached hydrogens (primary N) is 1. The Morgan fingerprint density at radius 3 is 2.88 bits per heavy atom. The number of anilines is 1. The lowest BCUT2D eigenvalue weighted by Gasteiger charge is -2.22. The van der Waals surface area contributed by atoms with Gasteiger partial charge in [0.1, 0.15) is 0 Å². The van der Waals surface area contributed by atoms with Gasteiger partial charge in [-0.05, 0) is 37.3 Å². The highest BCUT2D eigenvalue weighted by atomic mass is 16.5. The predicted octanol–water partition coefficient (Wildman–Crippen LogP) is 2.63. The first-order valence-corrected chi connectivity index (χ1v) is 6.35. The Balaban J connectivity index is 1.95. The third kappa shape index (κ3) is 3.33. The molecule has 4 nitrogen and oxygen atoms in total. The van der Waals surface area contributed by atoms with Crippen molar-refractivity contribution in [1.29, 1.82) is 0 Å². The van der Waals surface area contributed by atoms with Crippen molar-refractivity contribution in [3.8, 4) is 5.75 Å². The fourth-order valence-electron chi connectivity index (χ4n) is 2.32. The first-order valence-electron chi connectivity index (χ1n) is 6.35. The van der Waals surface area contributed by atoms with Crippen LogP contribution in [0.5, 0.6) is 5.75 Å². The van der Waals surface area contributed by atoms with E-state index in [2.05, 4.69) is 10.4 Å². The molecular weight excluding hydrogens is 214 g/mol. The highest BCUT2D eigenvalue weighted by molar-refractivity contribution is 5.49. The van der Waals surface area contributed by atoms with Crippen LogP contribution in [-0.2, 0) is 0 Å². The number of hydrogen-bond donors (Lipinski definition) is 2. The van der Waals surface area contributed by atoms with Crippen molar-refractivity contribution in [3.05, 3.63) is 17.8 Å². The molecule has 0 amide bonds. The number of pyridine rings is 1. The molecule has 0 atom stereocenters. The maximum absolute atomic E-state index is 5.84. The van der Waals surface area contributed by atoms with Gasteiger partial charge >= 0.3 is 0 Å². The molecule has 0 aliphatic heterocycles. The summed E-state index contributed by atoms with van der Waals surface area (Å²) >= 11 is 0. The van der Waals surface area contributed by atoms with Crippen LogP contribution in [0.4, 0.5) is 5.82 Å². The summed E-state index contributed by atoms with van der Waals surface area (Å²) in [6.45, 7) is 2.78. The maximum atomic E-state index is 5.84. The molecule has 1 heterocycles. The fraction of sp³-hybridized carbons (Fsp3) is 0.615. The van der Waals surface area contributed by atoms with Crippen molar-refractivity contribution in [2.45, 2.75) is 39.0 Å². The molecule has 1 aromatic heterocycles. The normalized spacial score (nSPS) is 16.8. The van der Waals surface area contributed by atoms with E-state index >= 15 is 0 Å². The number of hydrazine groups is 1. The Morgan fingerprint density at radius 2 is 2.18 bits per heavy atom. The van der Waals surface area contributed by atoms with Gasteiger partial charge in [0.15, 0.2) is 11.6 Å².